The van der Waals surface area contributed by atoms with Crippen molar-refractivity contribution in [1.82, 2.24) is 4.90 Å². The summed E-state index contributed by atoms with van der Waals surface area (Å²) in [6, 6.07) is 13.3. The molecule has 138 valence electrons. The molecule has 0 fully saturated rings. The zero-order valence-corrected chi connectivity index (χ0v) is 16.8. The number of nitrogens with one attached hydrogen (secondary N) is 1. The Morgan fingerprint density at radius 1 is 1.15 bits per heavy atom. The standard InChI is InChI=1S/C20H23BrN2O3/c1-14(24)23(2)13-16-5-4-6-17(11-16)22-20(25)10-8-15-7-9-19(26-3)18(21)12-15/h4-7,9,11-12H,8,10,13H2,1-3H3,(H,22,25). The highest BCUT2D eigenvalue weighted by atomic mass is 79.9. The molecule has 2 aromatic rings. The summed E-state index contributed by atoms with van der Waals surface area (Å²) in [5.74, 6) is 0.727. The lowest BCUT2D eigenvalue weighted by Gasteiger charge is -2.15. The first-order valence-electron chi connectivity index (χ1n) is 8.32. The molecule has 2 aromatic carbocycles. The van der Waals surface area contributed by atoms with Crippen molar-refractivity contribution in [3.8, 4) is 5.75 Å². The van der Waals surface area contributed by atoms with Crippen LogP contribution in [0.2, 0.25) is 0 Å². The number of benzene rings is 2. The minimum absolute atomic E-state index is 0.00471. The Morgan fingerprint density at radius 3 is 2.58 bits per heavy atom. The lowest BCUT2D eigenvalue weighted by atomic mass is 10.1. The van der Waals surface area contributed by atoms with Crippen LogP contribution in [0.1, 0.15) is 24.5 Å². The van der Waals surface area contributed by atoms with Crippen LogP contribution >= 0.6 is 15.9 Å². The molecule has 0 saturated carbocycles. The molecule has 0 aliphatic rings. The lowest BCUT2D eigenvalue weighted by Crippen LogP contribution is -2.23. The van der Waals surface area contributed by atoms with Gasteiger partial charge in [0.15, 0.2) is 0 Å². The third kappa shape index (κ3) is 5.88. The second-order valence-electron chi connectivity index (χ2n) is 6.09. The van der Waals surface area contributed by atoms with Crippen molar-refractivity contribution in [3.05, 3.63) is 58.1 Å². The summed E-state index contributed by atoms with van der Waals surface area (Å²) in [5.41, 5.74) is 2.77. The first kappa shape index (κ1) is 20.0. The summed E-state index contributed by atoms with van der Waals surface area (Å²) in [7, 11) is 3.37. The molecule has 0 bridgehead atoms. The van der Waals surface area contributed by atoms with Crippen LogP contribution < -0.4 is 10.1 Å². The highest BCUT2D eigenvalue weighted by molar-refractivity contribution is 9.10. The van der Waals surface area contributed by atoms with Crippen molar-refractivity contribution < 1.29 is 14.3 Å². The van der Waals surface area contributed by atoms with Gasteiger partial charge in [0.2, 0.25) is 11.8 Å². The quantitative estimate of drug-likeness (QED) is 0.738. The van der Waals surface area contributed by atoms with Gasteiger partial charge >= 0.3 is 0 Å². The van der Waals surface area contributed by atoms with Crippen molar-refractivity contribution in [2.75, 3.05) is 19.5 Å². The number of rotatable bonds is 7. The fraction of sp³-hybridized carbons (Fsp3) is 0.300. The molecule has 5 nitrogen and oxygen atoms in total. The number of ether oxygens (including phenoxy) is 1. The average molecular weight is 419 g/mol. The Kier molecular flexibility index (Phi) is 7.21. The first-order valence-corrected chi connectivity index (χ1v) is 9.11. The Labute approximate surface area is 162 Å². The van der Waals surface area contributed by atoms with Gasteiger partial charge in [-0.05, 0) is 57.7 Å². The maximum atomic E-state index is 12.2. The lowest BCUT2D eigenvalue weighted by molar-refractivity contribution is -0.128. The Morgan fingerprint density at radius 2 is 1.92 bits per heavy atom. The molecular weight excluding hydrogens is 396 g/mol. The molecule has 0 atom stereocenters. The highest BCUT2D eigenvalue weighted by Gasteiger charge is 2.08. The number of halogens is 1. The molecule has 6 heteroatoms. The van der Waals surface area contributed by atoms with Gasteiger partial charge < -0.3 is 15.0 Å². The molecule has 0 radical (unpaired) electrons. The molecule has 2 rings (SSSR count). The van der Waals surface area contributed by atoms with Gasteiger partial charge in [-0.15, -0.1) is 0 Å². The molecule has 0 aromatic heterocycles. The number of hydrogen-bond acceptors (Lipinski definition) is 3. The van der Waals surface area contributed by atoms with Gasteiger partial charge in [-0.1, -0.05) is 18.2 Å². The molecule has 0 aliphatic carbocycles. The summed E-state index contributed by atoms with van der Waals surface area (Å²) in [4.78, 5) is 25.2. The number of carbonyl (C=O) groups excluding carboxylic acids is 2. The molecule has 2 amide bonds. The van der Waals surface area contributed by atoms with Gasteiger partial charge in [0.1, 0.15) is 5.75 Å². The van der Waals surface area contributed by atoms with E-state index in [4.69, 9.17) is 4.74 Å². The van der Waals surface area contributed by atoms with E-state index in [-0.39, 0.29) is 11.8 Å². The normalized spacial score (nSPS) is 10.3. The summed E-state index contributed by atoms with van der Waals surface area (Å²) >= 11 is 3.45. The molecule has 0 unspecified atom stereocenters. The molecule has 0 aliphatic heterocycles. The first-order chi connectivity index (χ1) is 12.4. The number of carbonyl (C=O) groups is 2. The van der Waals surface area contributed by atoms with E-state index in [9.17, 15) is 9.59 Å². The summed E-state index contributed by atoms with van der Waals surface area (Å²) in [6.45, 7) is 2.04. The van der Waals surface area contributed by atoms with Crippen LogP contribution in [0.25, 0.3) is 0 Å². The van der Waals surface area contributed by atoms with Gasteiger partial charge in [-0.25, -0.2) is 0 Å². The Hall–Kier alpha value is -2.34. The van der Waals surface area contributed by atoms with Crippen molar-refractivity contribution in [2.24, 2.45) is 0 Å². The topological polar surface area (TPSA) is 58.6 Å². The van der Waals surface area contributed by atoms with Crippen molar-refractivity contribution in [1.29, 1.82) is 0 Å². The van der Waals surface area contributed by atoms with E-state index < -0.39 is 0 Å². The second kappa shape index (κ2) is 9.38. The maximum Gasteiger partial charge on any atom is 0.224 e. The van der Waals surface area contributed by atoms with E-state index in [1.54, 1.807) is 19.1 Å². The average Bonchev–Trinajstić information content (AvgIpc) is 2.60. The fourth-order valence-electron chi connectivity index (χ4n) is 2.48. The van der Waals surface area contributed by atoms with Crippen LogP contribution in [0.3, 0.4) is 0 Å². The van der Waals surface area contributed by atoms with E-state index in [1.165, 1.54) is 6.92 Å². The SMILES string of the molecule is COc1ccc(CCC(=O)Nc2cccc(CN(C)C(C)=O)c2)cc1Br. The highest BCUT2D eigenvalue weighted by Crippen LogP contribution is 2.26. The molecular formula is C20H23BrN2O3. The van der Waals surface area contributed by atoms with Gasteiger partial charge in [-0.2, -0.15) is 0 Å². The van der Waals surface area contributed by atoms with E-state index >= 15 is 0 Å². The molecule has 0 saturated heterocycles. The zero-order valence-electron chi connectivity index (χ0n) is 15.2. The van der Waals surface area contributed by atoms with E-state index in [2.05, 4.69) is 21.2 Å². The minimum Gasteiger partial charge on any atom is -0.496 e. The molecule has 26 heavy (non-hydrogen) atoms. The summed E-state index contributed by atoms with van der Waals surface area (Å²) in [5, 5.41) is 2.91. The largest absolute Gasteiger partial charge is 0.496 e. The summed E-state index contributed by atoms with van der Waals surface area (Å²) in [6.07, 6.45) is 1.03. The number of methoxy groups -OCH3 is 1. The van der Waals surface area contributed by atoms with Crippen LogP contribution in [0, 0.1) is 0 Å². The van der Waals surface area contributed by atoms with Crippen molar-refractivity contribution in [3.63, 3.8) is 0 Å². The zero-order chi connectivity index (χ0) is 19.1. The van der Waals surface area contributed by atoms with Crippen LogP contribution in [0.5, 0.6) is 5.75 Å². The van der Waals surface area contributed by atoms with Crippen LogP contribution in [0.4, 0.5) is 5.69 Å². The van der Waals surface area contributed by atoms with Gasteiger partial charge in [-0.3, -0.25) is 9.59 Å². The number of hydrogen-bond donors (Lipinski definition) is 1. The van der Waals surface area contributed by atoms with Crippen LogP contribution in [-0.2, 0) is 22.6 Å². The number of nitrogens with zero attached hydrogens (tertiary/aromatic N) is 1. The number of amides is 2. The second-order valence-corrected chi connectivity index (χ2v) is 6.95. The molecule has 0 spiro atoms. The molecule has 1 N–H and O–H groups in total. The van der Waals surface area contributed by atoms with Crippen LogP contribution in [0.15, 0.2) is 46.9 Å². The van der Waals surface area contributed by atoms with Gasteiger partial charge in [0, 0.05) is 32.6 Å². The Bertz CT molecular complexity index is 792. The van der Waals surface area contributed by atoms with E-state index in [1.807, 2.05) is 42.5 Å². The monoisotopic (exact) mass is 418 g/mol. The third-order valence-electron chi connectivity index (χ3n) is 4.02. The van der Waals surface area contributed by atoms with Crippen molar-refractivity contribution >= 4 is 33.4 Å². The van der Waals surface area contributed by atoms with Crippen molar-refractivity contribution in [2.45, 2.75) is 26.3 Å². The van der Waals surface area contributed by atoms with Gasteiger partial charge in [0.25, 0.3) is 0 Å². The predicted molar refractivity (Wildman–Crippen MR) is 106 cm³/mol. The third-order valence-corrected chi connectivity index (χ3v) is 4.64. The fourth-order valence-corrected chi connectivity index (χ4v) is 3.07. The van der Waals surface area contributed by atoms with Gasteiger partial charge in [0.05, 0.1) is 11.6 Å². The summed E-state index contributed by atoms with van der Waals surface area (Å²) < 4.78 is 6.08. The van der Waals surface area contributed by atoms with E-state index in [0.29, 0.717) is 19.4 Å². The predicted octanol–water partition coefficient (Wildman–Crippen LogP) is 4.01. The number of anilines is 1. The number of aryl methyl sites for hydroxylation is 1. The van der Waals surface area contributed by atoms with Crippen LogP contribution in [-0.4, -0.2) is 30.9 Å². The Balaban J connectivity index is 1.91. The minimum atomic E-state index is -0.0472. The smallest absolute Gasteiger partial charge is 0.224 e. The molecule has 0 heterocycles. The maximum absolute atomic E-state index is 12.2. The van der Waals surface area contributed by atoms with E-state index in [0.717, 1.165) is 27.0 Å².